The molecule has 1 saturated heterocycles. The second-order valence-electron chi connectivity index (χ2n) is 7.80. The quantitative estimate of drug-likeness (QED) is 0.313. The number of aldehydes is 1. The van der Waals surface area contributed by atoms with E-state index < -0.39 is 0 Å². The van der Waals surface area contributed by atoms with Crippen LogP contribution in [0, 0.1) is 0 Å². The van der Waals surface area contributed by atoms with Gasteiger partial charge in [0.1, 0.15) is 28.9 Å². The molecule has 0 atom stereocenters. The molecule has 1 aromatic carbocycles. The lowest BCUT2D eigenvalue weighted by molar-refractivity contribution is -0.105. The molecule has 0 amide bonds. The Morgan fingerprint density at radius 3 is 2.91 bits per heavy atom. The number of nitrogens with two attached hydrogens (primary N) is 1. The van der Waals surface area contributed by atoms with Crippen LogP contribution in [-0.2, 0) is 16.1 Å². The van der Waals surface area contributed by atoms with Crippen molar-refractivity contribution in [3.63, 3.8) is 0 Å². The van der Waals surface area contributed by atoms with Crippen molar-refractivity contribution in [1.82, 2.24) is 29.9 Å². The fourth-order valence-electron chi connectivity index (χ4n) is 3.82. The number of carbonyl (C=O) groups excluding carboxylic acids is 1. The fraction of sp³-hybridized carbons (Fsp3) is 0.348. The van der Waals surface area contributed by atoms with Crippen molar-refractivity contribution < 1.29 is 14.3 Å². The van der Waals surface area contributed by atoms with Crippen molar-refractivity contribution in [2.45, 2.75) is 25.4 Å². The molecule has 3 heterocycles. The van der Waals surface area contributed by atoms with Crippen LogP contribution in [0.2, 0.25) is 0 Å². The molecular formula is C23H27N7O3. The van der Waals surface area contributed by atoms with Crippen molar-refractivity contribution in [3.8, 4) is 17.1 Å². The van der Waals surface area contributed by atoms with Crippen LogP contribution in [0.25, 0.3) is 22.3 Å². The second kappa shape index (κ2) is 10.2. The third-order valence-electron chi connectivity index (χ3n) is 5.60. The number of benzene rings is 1. The number of ether oxygens (including phenoxy) is 2. The summed E-state index contributed by atoms with van der Waals surface area (Å²) in [5.74, 6) is 0.711. The third-order valence-corrected chi connectivity index (χ3v) is 5.60. The average molecular weight is 450 g/mol. The number of hydrogen-bond donors (Lipinski definition) is 1. The molecule has 1 aliphatic rings. The molecule has 2 aromatic heterocycles. The van der Waals surface area contributed by atoms with E-state index >= 15 is 0 Å². The Kier molecular flexibility index (Phi) is 6.94. The van der Waals surface area contributed by atoms with Gasteiger partial charge in [-0.2, -0.15) is 0 Å². The number of methoxy groups -OCH3 is 1. The zero-order chi connectivity index (χ0) is 23.2. The summed E-state index contributed by atoms with van der Waals surface area (Å²) in [6.07, 6.45) is 10.2. The van der Waals surface area contributed by atoms with Gasteiger partial charge in [-0.15, -0.1) is 5.10 Å². The number of anilines is 1. The largest absolute Gasteiger partial charge is 0.494 e. The van der Waals surface area contributed by atoms with Gasteiger partial charge in [0.15, 0.2) is 0 Å². The Bertz CT molecular complexity index is 1180. The predicted octanol–water partition coefficient (Wildman–Crippen LogP) is 2.23. The first-order valence-electron chi connectivity index (χ1n) is 10.7. The van der Waals surface area contributed by atoms with Gasteiger partial charge in [-0.05, 0) is 31.2 Å². The number of aromatic nitrogens is 5. The number of nitrogens with zero attached hydrogens (tertiary/aromatic N) is 6. The first kappa shape index (κ1) is 22.4. The van der Waals surface area contributed by atoms with Crippen molar-refractivity contribution in [1.29, 1.82) is 0 Å². The van der Waals surface area contributed by atoms with Crippen LogP contribution in [0.1, 0.15) is 12.8 Å². The summed E-state index contributed by atoms with van der Waals surface area (Å²) < 4.78 is 12.4. The van der Waals surface area contributed by atoms with Gasteiger partial charge in [0.25, 0.3) is 0 Å². The van der Waals surface area contributed by atoms with Gasteiger partial charge >= 0.3 is 0 Å². The Morgan fingerprint density at radius 1 is 1.33 bits per heavy atom. The van der Waals surface area contributed by atoms with E-state index in [4.69, 9.17) is 15.2 Å². The minimum atomic E-state index is 0.115. The van der Waals surface area contributed by atoms with Crippen LogP contribution in [-0.4, -0.2) is 69.6 Å². The van der Waals surface area contributed by atoms with E-state index in [-0.39, 0.29) is 12.5 Å². The standard InChI is InChI=1S/C23H27N7O3/c1-29(17-8-11-33-12-9-17)10-4-5-16(15-31)13-30-14-19(27-28-30)21-18-6-3-7-20(32-2)22(18)26-23(24)25-21/h3-7,10,14-15,17H,8-9,11-13H2,1-2H3,(H2,24,25,26)/b10-4-,16-5-. The van der Waals surface area contributed by atoms with Gasteiger partial charge in [-0.1, -0.05) is 23.4 Å². The summed E-state index contributed by atoms with van der Waals surface area (Å²) in [6, 6.07) is 5.99. The number of rotatable bonds is 8. The van der Waals surface area contributed by atoms with Crippen molar-refractivity contribution in [2.24, 2.45) is 0 Å². The average Bonchev–Trinajstić information content (AvgIpc) is 3.31. The monoisotopic (exact) mass is 449 g/mol. The summed E-state index contributed by atoms with van der Waals surface area (Å²) in [5, 5.41) is 9.15. The summed E-state index contributed by atoms with van der Waals surface area (Å²) in [7, 11) is 3.61. The molecule has 0 radical (unpaired) electrons. The van der Waals surface area contributed by atoms with Gasteiger partial charge < -0.3 is 20.1 Å². The van der Waals surface area contributed by atoms with Gasteiger partial charge in [-0.25, -0.2) is 14.6 Å². The fourth-order valence-corrected chi connectivity index (χ4v) is 3.82. The normalized spacial score (nSPS) is 15.3. The SMILES string of the molecule is COc1cccc2c(-c3cn(C/C(C=O)=C/C=C\N(C)C4CCOCC4)nn3)nc(N)nc12. The topological polar surface area (TPSA) is 121 Å². The molecular weight excluding hydrogens is 422 g/mol. The van der Waals surface area contributed by atoms with Gasteiger partial charge in [-0.3, -0.25) is 4.79 Å². The molecule has 10 nitrogen and oxygen atoms in total. The second-order valence-corrected chi connectivity index (χ2v) is 7.80. The molecule has 0 bridgehead atoms. The third kappa shape index (κ3) is 5.17. The number of hydrogen-bond acceptors (Lipinski definition) is 9. The molecule has 10 heteroatoms. The molecule has 2 N–H and O–H groups in total. The van der Waals surface area contributed by atoms with Gasteiger partial charge in [0.2, 0.25) is 5.95 Å². The Hall–Kier alpha value is -3.79. The first-order chi connectivity index (χ1) is 16.1. The van der Waals surface area contributed by atoms with Crippen molar-refractivity contribution in [3.05, 3.63) is 48.3 Å². The van der Waals surface area contributed by atoms with Gasteiger partial charge in [0.05, 0.1) is 19.9 Å². The van der Waals surface area contributed by atoms with E-state index in [9.17, 15) is 4.79 Å². The predicted molar refractivity (Wildman–Crippen MR) is 124 cm³/mol. The van der Waals surface area contributed by atoms with Crippen molar-refractivity contribution >= 4 is 23.1 Å². The summed E-state index contributed by atoms with van der Waals surface area (Å²) >= 11 is 0. The number of carbonyl (C=O) groups is 1. The maximum absolute atomic E-state index is 11.6. The molecule has 0 unspecified atom stereocenters. The van der Waals surface area contributed by atoms with Crippen molar-refractivity contribution in [2.75, 3.05) is 33.1 Å². The van der Waals surface area contributed by atoms with Crippen LogP contribution in [0.4, 0.5) is 5.95 Å². The highest BCUT2D eigenvalue weighted by atomic mass is 16.5. The zero-order valence-electron chi connectivity index (χ0n) is 18.7. The smallest absolute Gasteiger partial charge is 0.221 e. The highest BCUT2D eigenvalue weighted by Crippen LogP contribution is 2.30. The number of allylic oxidation sites excluding steroid dienone is 3. The molecule has 172 valence electrons. The zero-order valence-corrected chi connectivity index (χ0v) is 18.7. The Labute approximate surface area is 191 Å². The maximum atomic E-state index is 11.6. The summed E-state index contributed by atoms with van der Waals surface area (Å²) in [5.41, 5.74) is 8.17. The molecule has 0 spiro atoms. The van der Waals surface area contributed by atoms with Crippen LogP contribution in [0.3, 0.4) is 0 Å². The minimum absolute atomic E-state index is 0.115. The highest BCUT2D eigenvalue weighted by molar-refractivity contribution is 5.95. The van der Waals surface area contributed by atoms with E-state index in [1.165, 1.54) is 0 Å². The van der Waals surface area contributed by atoms with E-state index in [1.807, 2.05) is 37.5 Å². The van der Waals surface area contributed by atoms with E-state index in [0.29, 0.717) is 34.3 Å². The first-order valence-corrected chi connectivity index (χ1v) is 10.7. The number of nitrogen functional groups attached to an aromatic ring is 1. The molecule has 1 fully saturated rings. The van der Waals surface area contributed by atoms with E-state index in [2.05, 4.69) is 25.2 Å². The minimum Gasteiger partial charge on any atom is -0.494 e. The molecule has 0 aliphatic carbocycles. The lowest BCUT2D eigenvalue weighted by atomic mass is 10.1. The Morgan fingerprint density at radius 2 is 2.15 bits per heavy atom. The van der Waals surface area contributed by atoms with E-state index in [0.717, 1.165) is 37.7 Å². The summed E-state index contributed by atoms with van der Waals surface area (Å²) in [6.45, 7) is 1.85. The van der Waals surface area contributed by atoms with Crippen LogP contribution >= 0.6 is 0 Å². The molecule has 33 heavy (non-hydrogen) atoms. The lowest BCUT2D eigenvalue weighted by Gasteiger charge is -2.30. The molecule has 3 aromatic rings. The molecule has 0 saturated carbocycles. The Balaban J connectivity index is 1.52. The maximum Gasteiger partial charge on any atom is 0.221 e. The molecule has 4 rings (SSSR count). The van der Waals surface area contributed by atoms with Crippen LogP contribution in [0.5, 0.6) is 5.75 Å². The summed E-state index contributed by atoms with van der Waals surface area (Å²) in [4.78, 5) is 22.4. The van der Waals surface area contributed by atoms with Gasteiger partial charge in [0, 0.05) is 37.3 Å². The van der Waals surface area contributed by atoms with E-state index in [1.54, 1.807) is 24.1 Å². The number of para-hydroxylation sites is 1. The highest BCUT2D eigenvalue weighted by Gasteiger charge is 2.16. The van der Waals surface area contributed by atoms with Crippen LogP contribution < -0.4 is 10.5 Å². The lowest BCUT2D eigenvalue weighted by Crippen LogP contribution is -2.33. The molecule has 1 aliphatic heterocycles. The number of fused-ring (bicyclic) bond motifs is 1. The van der Waals surface area contributed by atoms with Crippen LogP contribution in [0.15, 0.2) is 48.3 Å².